The molecule has 0 aliphatic rings. The molecule has 2 heterocycles. The fourth-order valence-electron chi connectivity index (χ4n) is 2.42. The Morgan fingerprint density at radius 1 is 1.42 bits per heavy atom. The molecule has 0 aromatic carbocycles. The number of thiophene rings is 1. The Morgan fingerprint density at radius 2 is 2.16 bits per heavy atom. The van der Waals surface area contributed by atoms with Crippen molar-refractivity contribution in [3.05, 3.63) is 37.7 Å². The number of halogens is 1. The minimum absolute atomic E-state index is 0.345. The lowest BCUT2D eigenvalue weighted by Gasteiger charge is -2.14. The first kappa shape index (κ1) is 14.8. The summed E-state index contributed by atoms with van der Waals surface area (Å²) < 4.78 is 3.16. The molecule has 0 aliphatic heterocycles. The highest BCUT2D eigenvalue weighted by atomic mass is 79.9. The molecule has 0 radical (unpaired) electrons. The van der Waals surface area contributed by atoms with Crippen molar-refractivity contribution < 1.29 is 0 Å². The van der Waals surface area contributed by atoms with E-state index < -0.39 is 0 Å². The fraction of sp³-hybridized carbons (Fsp3) is 0.500. The lowest BCUT2D eigenvalue weighted by molar-refractivity contribution is 0.572. The van der Waals surface area contributed by atoms with Crippen LogP contribution in [0.3, 0.4) is 0 Å². The van der Waals surface area contributed by atoms with Crippen LogP contribution >= 0.6 is 27.3 Å². The zero-order valence-corrected chi connectivity index (χ0v) is 14.2. The molecule has 0 amide bonds. The number of rotatable bonds is 5. The second kappa shape index (κ2) is 6.20. The molecular weight excluding hydrogens is 322 g/mol. The number of nitrogens with one attached hydrogen (secondary N) is 1. The average molecular weight is 342 g/mol. The van der Waals surface area contributed by atoms with Crippen molar-refractivity contribution in [2.24, 2.45) is 7.05 Å². The number of nitrogens with zero attached hydrogens (tertiary/aromatic N) is 2. The second-order valence-electron chi connectivity index (χ2n) is 4.84. The SMILES string of the molecule is Cc1nn(C)c(C)c1C(C)NCCc1ccc(Br)s1. The van der Waals surface area contributed by atoms with Crippen LogP contribution in [0, 0.1) is 13.8 Å². The quantitative estimate of drug-likeness (QED) is 0.897. The molecule has 1 unspecified atom stereocenters. The Morgan fingerprint density at radius 3 is 2.68 bits per heavy atom. The predicted octanol–water partition coefficient (Wildman–Crippen LogP) is 3.75. The molecule has 2 rings (SSSR count). The van der Waals surface area contributed by atoms with Gasteiger partial charge in [-0.1, -0.05) is 0 Å². The number of hydrogen-bond donors (Lipinski definition) is 1. The molecule has 1 atom stereocenters. The summed E-state index contributed by atoms with van der Waals surface area (Å²) in [7, 11) is 2.00. The van der Waals surface area contributed by atoms with E-state index in [-0.39, 0.29) is 0 Å². The zero-order chi connectivity index (χ0) is 14.0. The third-order valence-electron chi connectivity index (χ3n) is 3.45. The minimum atomic E-state index is 0.345. The molecule has 0 saturated heterocycles. The van der Waals surface area contributed by atoms with E-state index in [9.17, 15) is 0 Å². The van der Waals surface area contributed by atoms with E-state index in [4.69, 9.17) is 0 Å². The van der Waals surface area contributed by atoms with Crippen LogP contribution in [0.2, 0.25) is 0 Å². The predicted molar refractivity (Wildman–Crippen MR) is 84.8 cm³/mol. The molecule has 3 nitrogen and oxygen atoms in total. The number of aryl methyl sites for hydroxylation is 2. The van der Waals surface area contributed by atoms with E-state index in [1.54, 1.807) is 11.3 Å². The van der Waals surface area contributed by atoms with Crippen molar-refractivity contribution in [1.82, 2.24) is 15.1 Å². The fourth-order valence-corrected chi connectivity index (χ4v) is 3.90. The summed E-state index contributed by atoms with van der Waals surface area (Å²) in [5.41, 5.74) is 3.70. The van der Waals surface area contributed by atoms with Gasteiger partial charge in [-0.15, -0.1) is 11.3 Å². The molecule has 2 aromatic rings. The average Bonchev–Trinajstić information content (AvgIpc) is 2.84. The maximum absolute atomic E-state index is 4.47. The first-order valence-electron chi connectivity index (χ1n) is 6.46. The van der Waals surface area contributed by atoms with Crippen LogP contribution in [0.15, 0.2) is 15.9 Å². The van der Waals surface area contributed by atoms with Gasteiger partial charge in [-0.3, -0.25) is 4.68 Å². The van der Waals surface area contributed by atoms with Crippen molar-refractivity contribution in [3.63, 3.8) is 0 Å². The first-order valence-corrected chi connectivity index (χ1v) is 8.07. The van der Waals surface area contributed by atoms with E-state index in [0.29, 0.717) is 6.04 Å². The van der Waals surface area contributed by atoms with Gasteiger partial charge in [0.05, 0.1) is 9.48 Å². The maximum Gasteiger partial charge on any atom is 0.0701 e. The molecular formula is C14H20BrN3S. The molecule has 0 fully saturated rings. The Hall–Kier alpha value is -0.650. The van der Waals surface area contributed by atoms with E-state index in [0.717, 1.165) is 18.7 Å². The summed E-state index contributed by atoms with van der Waals surface area (Å²) in [5.74, 6) is 0. The summed E-state index contributed by atoms with van der Waals surface area (Å²) in [6.45, 7) is 7.41. The van der Waals surface area contributed by atoms with Gasteiger partial charge < -0.3 is 5.32 Å². The Balaban J connectivity index is 1.92. The Bertz CT molecular complexity index is 559. The lowest BCUT2D eigenvalue weighted by atomic mass is 10.1. The standard InChI is InChI=1S/C14H20BrN3S/c1-9(14-10(2)17-18(4)11(14)3)16-8-7-12-5-6-13(15)19-12/h5-6,9,16H,7-8H2,1-4H3. The van der Waals surface area contributed by atoms with Gasteiger partial charge >= 0.3 is 0 Å². The van der Waals surface area contributed by atoms with Crippen molar-refractivity contribution in [3.8, 4) is 0 Å². The van der Waals surface area contributed by atoms with Crippen LogP contribution in [0.4, 0.5) is 0 Å². The van der Waals surface area contributed by atoms with Gasteiger partial charge in [0.25, 0.3) is 0 Å². The molecule has 0 spiro atoms. The second-order valence-corrected chi connectivity index (χ2v) is 7.39. The topological polar surface area (TPSA) is 29.9 Å². The monoisotopic (exact) mass is 341 g/mol. The highest BCUT2D eigenvalue weighted by molar-refractivity contribution is 9.11. The lowest BCUT2D eigenvalue weighted by Crippen LogP contribution is -2.22. The zero-order valence-electron chi connectivity index (χ0n) is 11.8. The molecule has 19 heavy (non-hydrogen) atoms. The Labute approximate surface area is 127 Å². The Kier molecular flexibility index (Phi) is 4.81. The smallest absolute Gasteiger partial charge is 0.0701 e. The van der Waals surface area contributed by atoms with Crippen LogP contribution in [-0.4, -0.2) is 16.3 Å². The number of hydrogen-bond acceptors (Lipinski definition) is 3. The summed E-state index contributed by atoms with van der Waals surface area (Å²) in [5, 5.41) is 8.06. The van der Waals surface area contributed by atoms with E-state index in [1.165, 1.54) is 19.9 Å². The van der Waals surface area contributed by atoms with Gasteiger partial charge in [-0.25, -0.2) is 0 Å². The first-order chi connectivity index (χ1) is 8.99. The van der Waals surface area contributed by atoms with Crippen molar-refractivity contribution in [2.45, 2.75) is 33.2 Å². The van der Waals surface area contributed by atoms with Crippen LogP contribution in [0.1, 0.15) is 34.8 Å². The van der Waals surface area contributed by atoms with Gasteiger partial charge in [0.2, 0.25) is 0 Å². The summed E-state index contributed by atoms with van der Waals surface area (Å²) in [6.07, 6.45) is 1.07. The molecule has 1 N–H and O–H groups in total. The minimum Gasteiger partial charge on any atom is -0.310 e. The van der Waals surface area contributed by atoms with Gasteiger partial charge in [0.1, 0.15) is 0 Å². The van der Waals surface area contributed by atoms with Crippen LogP contribution in [0.5, 0.6) is 0 Å². The van der Waals surface area contributed by atoms with E-state index in [1.807, 2.05) is 11.7 Å². The normalized spacial score (nSPS) is 12.9. The summed E-state index contributed by atoms with van der Waals surface area (Å²) >= 11 is 5.30. The van der Waals surface area contributed by atoms with Crippen LogP contribution < -0.4 is 5.32 Å². The highest BCUT2D eigenvalue weighted by Crippen LogP contribution is 2.23. The van der Waals surface area contributed by atoms with E-state index in [2.05, 4.69) is 59.2 Å². The molecule has 5 heteroatoms. The maximum atomic E-state index is 4.47. The van der Waals surface area contributed by atoms with Crippen molar-refractivity contribution in [1.29, 1.82) is 0 Å². The highest BCUT2D eigenvalue weighted by Gasteiger charge is 2.15. The van der Waals surface area contributed by atoms with Gasteiger partial charge in [-0.05, 0) is 55.3 Å². The molecule has 0 aliphatic carbocycles. The van der Waals surface area contributed by atoms with Crippen LogP contribution in [0.25, 0.3) is 0 Å². The molecule has 2 aromatic heterocycles. The van der Waals surface area contributed by atoms with Crippen molar-refractivity contribution in [2.75, 3.05) is 6.54 Å². The van der Waals surface area contributed by atoms with Crippen molar-refractivity contribution >= 4 is 27.3 Å². The molecule has 0 bridgehead atoms. The molecule has 104 valence electrons. The van der Waals surface area contributed by atoms with Gasteiger partial charge in [0, 0.05) is 35.8 Å². The largest absolute Gasteiger partial charge is 0.310 e. The summed E-state index contributed by atoms with van der Waals surface area (Å²) in [6, 6.07) is 4.64. The molecule has 0 saturated carbocycles. The summed E-state index contributed by atoms with van der Waals surface area (Å²) in [4.78, 5) is 1.41. The van der Waals surface area contributed by atoms with Crippen LogP contribution in [-0.2, 0) is 13.5 Å². The third kappa shape index (κ3) is 3.46. The van der Waals surface area contributed by atoms with E-state index >= 15 is 0 Å². The van der Waals surface area contributed by atoms with Gasteiger partial charge in [0.15, 0.2) is 0 Å². The number of aromatic nitrogens is 2. The van der Waals surface area contributed by atoms with Gasteiger partial charge in [-0.2, -0.15) is 5.10 Å². The third-order valence-corrected chi connectivity index (χ3v) is 5.13.